The van der Waals surface area contributed by atoms with Crippen molar-refractivity contribution in [3.8, 4) is 0 Å². The Hall–Kier alpha value is -0.220. The zero-order valence-electron chi connectivity index (χ0n) is 6.93. The van der Waals surface area contributed by atoms with Gasteiger partial charge < -0.3 is 11.5 Å². The molecule has 7 nitrogen and oxygen atoms in total. The molecule has 0 spiro atoms. The Balaban J connectivity index is 4.44. The molecule has 80 valence electrons. The molecule has 0 aromatic carbocycles. The molecule has 0 radical (unpaired) electrons. The Labute approximate surface area is 77.6 Å². The van der Waals surface area contributed by atoms with Crippen LogP contribution >= 0.6 is 0 Å². The van der Waals surface area contributed by atoms with Crippen LogP contribution in [0.5, 0.6) is 0 Å². The second kappa shape index (κ2) is 4.86. The lowest BCUT2D eigenvalue weighted by atomic mass is 10.8. The Morgan fingerprint density at radius 3 is 1.38 bits per heavy atom. The molecular formula is C4H13N3O4S2. The van der Waals surface area contributed by atoms with Gasteiger partial charge in [0, 0.05) is 13.1 Å². The first-order valence-corrected chi connectivity index (χ1v) is 6.77. The van der Waals surface area contributed by atoms with Crippen LogP contribution in [0.15, 0.2) is 0 Å². The van der Waals surface area contributed by atoms with Crippen molar-refractivity contribution in [2.45, 2.75) is 0 Å². The molecule has 0 aromatic rings. The molecule has 0 bridgehead atoms. The summed E-state index contributed by atoms with van der Waals surface area (Å²) in [6, 6.07) is 0. The molecule has 0 aliphatic heterocycles. The van der Waals surface area contributed by atoms with Gasteiger partial charge in [-0.25, -0.2) is 16.8 Å². The van der Waals surface area contributed by atoms with Crippen molar-refractivity contribution < 1.29 is 16.8 Å². The van der Waals surface area contributed by atoms with Gasteiger partial charge in [-0.15, -0.1) is 4.13 Å². The van der Waals surface area contributed by atoms with Crippen molar-refractivity contribution in [3.63, 3.8) is 0 Å². The van der Waals surface area contributed by atoms with Gasteiger partial charge in [0.15, 0.2) is 0 Å². The summed E-state index contributed by atoms with van der Waals surface area (Å²) in [4.78, 5) is 0. The van der Waals surface area contributed by atoms with Gasteiger partial charge >= 0.3 is 0 Å². The summed E-state index contributed by atoms with van der Waals surface area (Å²) in [7, 11) is -7.66. The van der Waals surface area contributed by atoms with Gasteiger partial charge in [0.05, 0.1) is 11.5 Å². The molecule has 5 N–H and O–H groups in total. The van der Waals surface area contributed by atoms with Gasteiger partial charge in [0.1, 0.15) is 0 Å². The third-order valence-electron chi connectivity index (χ3n) is 1.03. The Morgan fingerprint density at radius 1 is 0.846 bits per heavy atom. The third-order valence-corrected chi connectivity index (χ3v) is 4.60. The molecule has 0 aliphatic carbocycles. The zero-order chi connectivity index (χ0) is 10.5. The fourth-order valence-corrected chi connectivity index (χ4v) is 3.42. The zero-order valence-corrected chi connectivity index (χ0v) is 8.57. The van der Waals surface area contributed by atoms with E-state index in [1.807, 2.05) is 0 Å². The topological polar surface area (TPSA) is 132 Å². The van der Waals surface area contributed by atoms with Crippen LogP contribution in [0.4, 0.5) is 0 Å². The lowest BCUT2D eigenvalue weighted by Gasteiger charge is -2.04. The van der Waals surface area contributed by atoms with Gasteiger partial charge in [-0.3, -0.25) is 0 Å². The average Bonchev–Trinajstić information content (AvgIpc) is 1.82. The largest absolute Gasteiger partial charge is 0.329 e. The second-order valence-electron chi connectivity index (χ2n) is 2.30. The lowest BCUT2D eigenvalue weighted by molar-refractivity contribution is 0.577. The standard InChI is InChI=1S/C4H13N3O4S2/c5-1-3-12(8,9)7-13(10,11)4-2-6/h7H,1-6H2. The van der Waals surface area contributed by atoms with Crippen LogP contribution in [0, 0.1) is 0 Å². The SMILES string of the molecule is NCCS(=O)(=O)NS(=O)(=O)CCN. The first-order chi connectivity index (χ1) is 5.83. The number of nitrogens with one attached hydrogen (secondary N) is 1. The molecule has 0 atom stereocenters. The second-order valence-corrected chi connectivity index (χ2v) is 6.24. The molecular weight excluding hydrogens is 218 g/mol. The van der Waals surface area contributed by atoms with Crippen molar-refractivity contribution in [2.24, 2.45) is 11.5 Å². The molecule has 0 aromatic heterocycles. The van der Waals surface area contributed by atoms with Gasteiger partial charge in [0.25, 0.3) is 0 Å². The van der Waals surface area contributed by atoms with Crippen LogP contribution in [-0.4, -0.2) is 41.4 Å². The highest BCUT2D eigenvalue weighted by molar-refractivity contribution is 8.04. The van der Waals surface area contributed by atoms with Crippen molar-refractivity contribution in [2.75, 3.05) is 24.6 Å². The first-order valence-electron chi connectivity index (χ1n) is 3.47. The van der Waals surface area contributed by atoms with E-state index in [0.29, 0.717) is 0 Å². The van der Waals surface area contributed by atoms with E-state index in [9.17, 15) is 16.8 Å². The Bertz CT molecular complexity index is 298. The van der Waals surface area contributed by atoms with Crippen LogP contribution in [0.25, 0.3) is 0 Å². The van der Waals surface area contributed by atoms with E-state index < -0.39 is 31.6 Å². The van der Waals surface area contributed by atoms with Gasteiger partial charge in [-0.05, 0) is 0 Å². The minimum atomic E-state index is -3.83. The molecule has 0 amide bonds. The van der Waals surface area contributed by atoms with Gasteiger partial charge in [0.2, 0.25) is 20.0 Å². The normalized spacial score (nSPS) is 13.1. The van der Waals surface area contributed by atoms with E-state index in [2.05, 4.69) is 0 Å². The fourth-order valence-electron chi connectivity index (χ4n) is 0.587. The lowest BCUT2D eigenvalue weighted by Crippen LogP contribution is -2.37. The predicted octanol–water partition coefficient (Wildman–Crippen LogP) is -2.85. The van der Waals surface area contributed by atoms with Crippen molar-refractivity contribution >= 4 is 20.0 Å². The maximum atomic E-state index is 10.9. The maximum Gasteiger partial charge on any atom is 0.225 e. The molecule has 9 heteroatoms. The van der Waals surface area contributed by atoms with Crippen LogP contribution < -0.4 is 15.6 Å². The number of hydrogen-bond donors (Lipinski definition) is 3. The van der Waals surface area contributed by atoms with Crippen LogP contribution in [0.1, 0.15) is 0 Å². The van der Waals surface area contributed by atoms with Crippen molar-refractivity contribution in [1.82, 2.24) is 4.13 Å². The summed E-state index contributed by atoms with van der Waals surface area (Å²) >= 11 is 0. The molecule has 13 heavy (non-hydrogen) atoms. The highest BCUT2D eigenvalue weighted by atomic mass is 32.3. The Morgan fingerprint density at radius 2 is 1.15 bits per heavy atom. The number of hydrogen-bond acceptors (Lipinski definition) is 6. The van der Waals surface area contributed by atoms with Crippen molar-refractivity contribution in [3.05, 3.63) is 0 Å². The Kier molecular flexibility index (Phi) is 4.78. The summed E-state index contributed by atoms with van der Waals surface area (Å²) < 4.78 is 45.2. The quantitative estimate of drug-likeness (QED) is 0.451. The highest BCUT2D eigenvalue weighted by Crippen LogP contribution is 1.89. The smallest absolute Gasteiger partial charge is 0.225 e. The summed E-state index contributed by atoms with van der Waals surface area (Å²) in [5.74, 6) is -0.840. The minimum absolute atomic E-state index is 0.131. The summed E-state index contributed by atoms with van der Waals surface area (Å²) in [6.07, 6.45) is 0. The number of nitrogens with two attached hydrogens (primary N) is 2. The summed E-state index contributed by atoms with van der Waals surface area (Å²) in [5.41, 5.74) is 9.94. The predicted molar refractivity (Wildman–Crippen MR) is 48.8 cm³/mol. The van der Waals surface area contributed by atoms with E-state index in [1.165, 1.54) is 4.13 Å². The summed E-state index contributed by atoms with van der Waals surface area (Å²) in [6.45, 7) is -0.263. The molecule has 0 saturated carbocycles. The van der Waals surface area contributed by atoms with E-state index in [0.717, 1.165) is 0 Å². The average molecular weight is 231 g/mol. The van der Waals surface area contributed by atoms with Crippen LogP contribution in [-0.2, 0) is 20.0 Å². The van der Waals surface area contributed by atoms with E-state index >= 15 is 0 Å². The third kappa shape index (κ3) is 5.93. The molecule has 0 unspecified atom stereocenters. The highest BCUT2D eigenvalue weighted by Gasteiger charge is 2.18. The molecule has 0 heterocycles. The monoisotopic (exact) mass is 231 g/mol. The maximum absolute atomic E-state index is 10.9. The summed E-state index contributed by atoms with van der Waals surface area (Å²) in [5, 5.41) is 0. The van der Waals surface area contributed by atoms with E-state index in [-0.39, 0.29) is 13.1 Å². The number of rotatable bonds is 6. The molecule has 0 aliphatic rings. The molecule has 0 rings (SSSR count). The van der Waals surface area contributed by atoms with Crippen molar-refractivity contribution in [1.29, 1.82) is 0 Å². The number of sulfonamides is 2. The molecule has 0 fully saturated rings. The van der Waals surface area contributed by atoms with Gasteiger partial charge in [-0.1, -0.05) is 0 Å². The fraction of sp³-hybridized carbons (Fsp3) is 1.00. The van der Waals surface area contributed by atoms with Crippen LogP contribution in [0.2, 0.25) is 0 Å². The van der Waals surface area contributed by atoms with Crippen LogP contribution in [0.3, 0.4) is 0 Å². The molecule has 0 saturated heterocycles. The van der Waals surface area contributed by atoms with E-state index in [1.54, 1.807) is 0 Å². The first kappa shape index (κ1) is 12.8. The van der Waals surface area contributed by atoms with Gasteiger partial charge in [-0.2, -0.15) is 0 Å². The van der Waals surface area contributed by atoms with E-state index in [4.69, 9.17) is 11.5 Å². The minimum Gasteiger partial charge on any atom is -0.329 e.